The summed E-state index contributed by atoms with van der Waals surface area (Å²) in [5.74, 6) is 1.09. The van der Waals surface area contributed by atoms with Gasteiger partial charge in [0.2, 0.25) is 5.76 Å². The molecule has 2 aliphatic heterocycles. The van der Waals surface area contributed by atoms with Crippen molar-refractivity contribution in [3.05, 3.63) is 11.8 Å². The molecule has 6 nitrogen and oxygen atoms in total. The average Bonchev–Trinajstić information content (AvgIpc) is 2.84. The lowest BCUT2D eigenvalue weighted by molar-refractivity contribution is 0.0747. The number of fused-ring (bicyclic) bond motifs is 1. The third kappa shape index (κ3) is 1.37. The van der Waals surface area contributed by atoms with Crippen molar-refractivity contribution in [2.45, 2.75) is 6.04 Å². The summed E-state index contributed by atoms with van der Waals surface area (Å²) < 4.78 is 9.81. The molecule has 0 bridgehead atoms. The van der Waals surface area contributed by atoms with Crippen molar-refractivity contribution in [1.82, 2.24) is 15.4 Å². The molecule has 86 valence electrons. The van der Waals surface area contributed by atoms with Gasteiger partial charge < -0.3 is 19.5 Å². The van der Waals surface area contributed by atoms with Crippen molar-refractivity contribution in [3.8, 4) is 5.88 Å². The lowest BCUT2D eigenvalue weighted by atomic mass is 9.96. The van der Waals surface area contributed by atoms with Crippen LogP contribution < -0.4 is 10.1 Å². The Morgan fingerprint density at radius 3 is 3.06 bits per heavy atom. The van der Waals surface area contributed by atoms with E-state index in [1.807, 2.05) is 0 Å². The minimum Gasteiger partial charge on any atom is -0.479 e. The zero-order valence-corrected chi connectivity index (χ0v) is 8.97. The van der Waals surface area contributed by atoms with Crippen LogP contribution in [0.3, 0.4) is 0 Å². The van der Waals surface area contributed by atoms with E-state index in [9.17, 15) is 4.79 Å². The van der Waals surface area contributed by atoms with Crippen LogP contribution in [0.2, 0.25) is 0 Å². The highest BCUT2D eigenvalue weighted by Gasteiger charge is 2.41. The van der Waals surface area contributed by atoms with E-state index in [-0.39, 0.29) is 11.7 Å². The highest BCUT2D eigenvalue weighted by atomic mass is 16.5. The van der Waals surface area contributed by atoms with Gasteiger partial charge in [0.15, 0.2) is 0 Å². The van der Waals surface area contributed by atoms with E-state index in [0.29, 0.717) is 17.8 Å². The van der Waals surface area contributed by atoms with Crippen molar-refractivity contribution in [2.24, 2.45) is 5.92 Å². The Bertz CT molecular complexity index is 405. The molecule has 0 aliphatic carbocycles. The summed E-state index contributed by atoms with van der Waals surface area (Å²) in [5.41, 5.74) is 0. The second-order valence-electron chi connectivity index (χ2n) is 4.22. The van der Waals surface area contributed by atoms with Crippen LogP contribution in [-0.4, -0.2) is 48.7 Å². The van der Waals surface area contributed by atoms with Gasteiger partial charge in [0.1, 0.15) is 0 Å². The van der Waals surface area contributed by atoms with Crippen molar-refractivity contribution in [2.75, 3.05) is 26.7 Å². The number of carbonyl (C=O) groups is 1. The fraction of sp³-hybridized carbons (Fsp3) is 0.600. The summed E-state index contributed by atoms with van der Waals surface area (Å²) in [6.45, 7) is 2.57. The fourth-order valence-electron chi connectivity index (χ4n) is 2.23. The Hall–Kier alpha value is -1.56. The summed E-state index contributed by atoms with van der Waals surface area (Å²) in [5, 5.41) is 6.92. The van der Waals surface area contributed by atoms with E-state index in [1.54, 1.807) is 4.90 Å². The third-order valence-corrected chi connectivity index (χ3v) is 3.28. The number of nitrogens with zero attached hydrogens (tertiary/aromatic N) is 2. The summed E-state index contributed by atoms with van der Waals surface area (Å²) in [6, 6.07) is 1.99. The number of methoxy groups -OCH3 is 1. The van der Waals surface area contributed by atoms with Crippen LogP contribution >= 0.6 is 0 Å². The van der Waals surface area contributed by atoms with Crippen LogP contribution in [0.4, 0.5) is 0 Å². The molecule has 2 unspecified atom stereocenters. The zero-order chi connectivity index (χ0) is 11.1. The first-order chi connectivity index (χ1) is 7.78. The first kappa shape index (κ1) is 9.65. The topological polar surface area (TPSA) is 67.6 Å². The van der Waals surface area contributed by atoms with E-state index in [2.05, 4.69) is 10.5 Å². The molecule has 2 aliphatic rings. The SMILES string of the molecule is COc1cc(C(=O)N2CC3CNC3C2)on1. The monoisotopic (exact) mass is 223 g/mol. The van der Waals surface area contributed by atoms with E-state index in [4.69, 9.17) is 9.26 Å². The van der Waals surface area contributed by atoms with Gasteiger partial charge in [-0.3, -0.25) is 4.79 Å². The molecule has 16 heavy (non-hydrogen) atoms. The molecule has 1 amide bonds. The lowest BCUT2D eigenvalue weighted by Crippen LogP contribution is -2.51. The Morgan fingerprint density at radius 2 is 2.56 bits per heavy atom. The van der Waals surface area contributed by atoms with E-state index < -0.39 is 0 Å². The Morgan fingerprint density at radius 1 is 1.69 bits per heavy atom. The predicted molar refractivity (Wildman–Crippen MR) is 54.2 cm³/mol. The number of amides is 1. The van der Waals surface area contributed by atoms with Crippen LogP contribution in [0.25, 0.3) is 0 Å². The van der Waals surface area contributed by atoms with Gasteiger partial charge in [0.25, 0.3) is 11.8 Å². The minimum absolute atomic E-state index is 0.105. The number of likely N-dealkylation sites (tertiary alicyclic amines) is 1. The molecule has 3 heterocycles. The fourth-order valence-corrected chi connectivity index (χ4v) is 2.23. The predicted octanol–water partition coefficient (Wildman–Crippen LogP) is -0.273. The number of carbonyl (C=O) groups excluding carboxylic acids is 1. The molecule has 1 N–H and O–H groups in total. The molecular weight excluding hydrogens is 210 g/mol. The number of rotatable bonds is 2. The van der Waals surface area contributed by atoms with E-state index >= 15 is 0 Å². The Kier molecular flexibility index (Phi) is 2.10. The van der Waals surface area contributed by atoms with E-state index in [1.165, 1.54) is 13.2 Å². The number of ether oxygens (including phenoxy) is 1. The molecule has 1 aromatic heterocycles. The standard InChI is InChI=1S/C10H13N3O3/c1-15-9-2-8(16-12-9)10(14)13-4-6-3-11-7(6)5-13/h2,6-7,11H,3-5H2,1H3. The first-order valence-corrected chi connectivity index (χ1v) is 5.31. The molecule has 0 aromatic carbocycles. The number of aromatic nitrogens is 1. The molecular formula is C10H13N3O3. The van der Waals surface area contributed by atoms with Gasteiger partial charge in [0, 0.05) is 31.6 Å². The van der Waals surface area contributed by atoms with Gasteiger partial charge in [0.05, 0.1) is 13.2 Å². The normalized spacial score (nSPS) is 27.4. The molecule has 0 saturated carbocycles. The maximum Gasteiger partial charge on any atom is 0.292 e. The van der Waals surface area contributed by atoms with Gasteiger partial charge in [-0.15, -0.1) is 0 Å². The molecule has 0 radical (unpaired) electrons. The first-order valence-electron chi connectivity index (χ1n) is 5.31. The van der Waals surface area contributed by atoms with Gasteiger partial charge in [-0.2, -0.15) is 0 Å². The van der Waals surface area contributed by atoms with Crippen LogP contribution in [0.5, 0.6) is 5.88 Å². The van der Waals surface area contributed by atoms with Crippen LogP contribution in [0, 0.1) is 5.92 Å². The number of hydrogen-bond acceptors (Lipinski definition) is 5. The highest BCUT2D eigenvalue weighted by Crippen LogP contribution is 2.25. The Balaban J connectivity index is 1.72. The minimum atomic E-state index is -0.105. The maximum absolute atomic E-state index is 12.0. The average molecular weight is 223 g/mol. The second-order valence-corrected chi connectivity index (χ2v) is 4.22. The molecule has 0 spiro atoms. The van der Waals surface area contributed by atoms with Crippen molar-refractivity contribution < 1.29 is 14.1 Å². The summed E-state index contributed by atoms with van der Waals surface area (Å²) in [4.78, 5) is 13.8. The molecule has 1 aromatic rings. The number of nitrogens with one attached hydrogen (secondary N) is 1. The van der Waals surface area contributed by atoms with Gasteiger partial charge >= 0.3 is 0 Å². The molecule has 2 fully saturated rings. The van der Waals surface area contributed by atoms with Crippen molar-refractivity contribution in [3.63, 3.8) is 0 Å². The summed E-state index contributed by atoms with van der Waals surface area (Å²) in [6.07, 6.45) is 0. The summed E-state index contributed by atoms with van der Waals surface area (Å²) >= 11 is 0. The molecule has 6 heteroatoms. The van der Waals surface area contributed by atoms with Gasteiger partial charge in [-0.25, -0.2) is 0 Å². The van der Waals surface area contributed by atoms with Crippen LogP contribution in [-0.2, 0) is 0 Å². The second kappa shape index (κ2) is 3.48. The quantitative estimate of drug-likeness (QED) is 0.747. The van der Waals surface area contributed by atoms with Crippen LogP contribution in [0.1, 0.15) is 10.6 Å². The molecule has 2 atom stereocenters. The lowest BCUT2D eigenvalue weighted by Gasteiger charge is -2.29. The largest absolute Gasteiger partial charge is 0.479 e. The third-order valence-electron chi connectivity index (χ3n) is 3.28. The van der Waals surface area contributed by atoms with E-state index in [0.717, 1.165) is 19.6 Å². The van der Waals surface area contributed by atoms with Crippen molar-refractivity contribution >= 4 is 5.91 Å². The highest BCUT2D eigenvalue weighted by molar-refractivity contribution is 5.92. The van der Waals surface area contributed by atoms with Gasteiger partial charge in [-0.05, 0) is 5.16 Å². The smallest absolute Gasteiger partial charge is 0.292 e. The summed E-state index contributed by atoms with van der Waals surface area (Å²) in [7, 11) is 1.49. The zero-order valence-electron chi connectivity index (χ0n) is 8.97. The molecule has 2 saturated heterocycles. The van der Waals surface area contributed by atoms with Crippen molar-refractivity contribution in [1.29, 1.82) is 0 Å². The maximum atomic E-state index is 12.0. The number of hydrogen-bond donors (Lipinski definition) is 1. The molecule has 3 rings (SSSR count). The van der Waals surface area contributed by atoms with Gasteiger partial charge in [-0.1, -0.05) is 0 Å². The Labute approximate surface area is 92.5 Å². The van der Waals surface area contributed by atoms with Crippen LogP contribution in [0.15, 0.2) is 10.6 Å².